The van der Waals surface area contributed by atoms with E-state index >= 15 is 0 Å². The number of nitrogens with zero attached hydrogens (tertiary/aromatic N) is 2. The highest BCUT2D eigenvalue weighted by molar-refractivity contribution is 9.10. The Morgan fingerprint density at radius 1 is 1.31 bits per heavy atom. The zero-order valence-electron chi connectivity index (χ0n) is 14.7. The molecule has 2 aromatic rings. The van der Waals surface area contributed by atoms with Crippen LogP contribution >= 0.6 is 15.9 Å². The van der Waals surface area contributed by atoms with Crippen LogP contribution < -0.4 is 16.6 Å². The Morgan fingerprint density at radius 2 is 1.92 bits per heavy atom. The minimum absolute atomic E-state index is 0.0112. The molecule has 1 aromatic heterocycles. The predicted molar refractivity (Wildman–Crippen MR) is 101 cm³/mol. The molecular weight excluding hydrogens is 400 g/mol. The number of nitrogens with one attached hydrogen (secondary N) is 2. The van der Waals surface area contributed by atoms with Gasteiger partial charge in [-0.1, -0.05) is 45.0 Å². The molecule has 0 aliphatic rings. The maximum Gasteiger partial charge on any atom is 0.328 e. The number of benzene rings is 1. The highest BCUT2D eigenvalue weighted by atomic mass is 79.9. The molecule has 7 nitrogen and oxygen atoms in total. The lowest BCUT2D eigenvalue weighted by atomic mass is 9.86. The standard InChI is InChI=1S/C18H19BrN4O3/c1-18(2,3)12-6-4-11(5-7-12)14(8-20)21-15(24)10-23-9-13(19)16(25)22-17(23)26/h4-7,9,14H,10H2,1-3H3,(H,21,24)(H,22,25,26). The van der Waals surface area contributed by atoms with Crippen LogP contribution in [0.2, 0.25) is 0 Å². The molecule has 1 heterocycles. The summed E-state index contributed by atoms with van der Waals surface area (Å²) >= 11 is 3.01. The largest absolute Gasteiger partial charge is 0.335 e. The van der Waals surface area contributed by atoms with Crippen LogP contribution in [0.15, 0.2) is 44.5 Å². The highest BCUT2D eigenvalue weighted by Gasteiger charge is 2.17. The first kappa shape index (κ1) is 19.7. The maximum atomic E-state index is 12.2. The fourth-order valence-corrected chi connectivity index (χ4v) is 2.67. The third-order valence-electron chi connectivity index (χ3n) is 3.83. The van der Waals surface area contributed by atoms with Crippen molar-refractivity contribution in [3.05, 3.63) is 66.9 Å². The van der Waals surface area contributed by atoms with E-state index in [1.165, 1.54) is 6.20 Å². The topological polar surface area (TPSA) is 108 Å². The van der Waals surface area contributed by atoms with Crippen molar-refractivity contribution < 1.29 is 4.79 Å². The van der Waals surface area contributed by atoms with Gasteiger partial charge in [0.1, 0.15) is 12.6 Å². The third kappa shape index (κ3) is 4.70. The van der Waals surface area contributed by atoms with E-state index in [1.54, 1.807) is 12.1 Å². The van der Waals surface area contributed by atoms with Gasteiger partial charge in [0, 0.05) is 6.20 Å². The van der Waals surface area contributed by atoms with E-state index in [1.807, 2.05) is 18.2 Å². The summed E-state index contributed by atoms with van der Waals surface area (Å²) in [5.74, 6) is -0.516. The summed E-state index contributed by atoms with van der Waals surface area (Å²) in [5.41, 5.74) is 0.498. The Kier molecular flexibility index (Phi) is 5.83. The van der Waals surface area contributed by atoms with E-state index in [4.69, 9.17) is 0 Å². The van der Waals surface area contributed by atoms with Crippen molar-refractivity contribution >= 4 is 21.8 Å². The Labute approximate surface area is 158 Å². The molecule has 0 spiro atoms. The number of halogens is 1. The zero-order chi connectivity index (χ0) is 19.5. The summed E-state index contributed by atoms with van der Waals surface area (Å²) < 4.78 is 1.19. The van der Waals surface area contributed by atoms with Crippen LogP contribution in [0.3, 0.4) is 0 Å². The van der Waals surface area contributed by atoms with Crippen LogP contribution in [0.4, 0.5) is 0 Å². The monoisotopic (exact) mass is 418 g/mol. The van der Waals surface area contributed by atoms with Gasteiger partial charge in [-0.2, -0.15) is 5.26 Å². The summed E-state index contributed by atoms with van der Waals surface area (Å²) in [7, 11) is 0. The average molecular weight is 419 g/mol. The molecule has 136 valence electrons. The minimum Gasteiger partial charge on any atom is -0.335 e. The second-order valence-electron chi connectivity index (χ2n) is 6.87. The Balaban J connectivity index is 2.14. The zero-order valence-corrected chi connectivity index (χ0v) is 16.3. The van der Waals surface area contributed by atoms with Crippen LogP contribution in [-0.2, 0) is 16.8 Å². The summed E-state index contributed by atoms with van der Waals surface area (Å²) in [6.07, 6.45) is 1.24. The number of hydrogen-bond acceptors (Lipinski definition) is 4. The lowest BCUT2D eigenvalue weighted by Crippen LogP contribution is -2.37. The molecule has 0 saturated carbocycles. The molecule has 0 bridgehead atoms. The first-order valence-corrected chi connectivity index (χ1v) is 8.70. The number of carbonyl (C=O) groups excluding carboxylic acids is 1. The number of hydrogen-bond donors (Lipinski definition) is 2. The minimum atomic E-state index is -0.835. The average Bonchev–Trinajstić information content (AvgIpc) is 2.57. The SMILES string of the molecule is CC(C)(C)c1ccc(C(C#N)NC(=O)Cn2cc(Br)c(=O)[nH]c2=O)cc1. The lowest BCUT2D eigenvalue weighted by molar-refractivity contribution is -0.122. The Bertz CT molecular complexity index is 962. The van der Waals surface area contributed by atoms with Crippen molar-refractivity contribution in [2.45, 2.75) is 38.8 Å². The van der Waals surface area contributed by atoms with Gasteiger partial charge in [0.25, 0.3) is 5.56 Å². The quantitative estimate of drug-likeness (QED) is 0.790. The van der Waals surface area contributed by atoms with Gasteiger partial charge in [0.05, 0.1) is 10.5 Å². The van der Waals surface area contributed by atoms with Gasteiger partial charge in [-0.05, 0) is 32.5 Å². The highest BCUT2D eigenvalue weighted by Crippen LogP contribution is 2.23. The number of carbonyl (C=O) groups is 1. The maximum absolute atomic E-state index is 12.2. The molecule has 2 rings (SSSR count). The molecular formula is C18H19BrN4O3. The summed E-state index contributed by atoms with van der Waals surface area (Å²) in [5, 5.41) is 12.0. The van der Waals surface area contributed by atoms with Gasteiger partial charge in [0.2, 0.25) is 5.91 Å². The second-order valence-corrected chi connectivity index (χ2v) is 7.72. The van der Waals surface area contributed by atoms with Crippen molar-refractivity contribution in [2.75, 3.05) is 0 Å². The summed E-state index contributed by atoms with van der Waals surface area (Å²) in [4.78, 5) is 37.3. The molecule has 0 saturated heterocycles. The Morgan fingerprint density at radius 3 is 2.46 bits per heavy atom. The smallest absolute Gasteiger partial charge is 0.328 e. The van der Waals surface area contributed by atoms with Crippen molar-refractivity contribution in [3.63, 3.8) is 0 Å². The first-order valence-electron chi connectivity index (χ1n) is 7.90. The molecule has 0 aliphatic heterocycles. The van der Waals surface area contributed by atoms with Crippen LogP contribution in [0.1, 0.15) is 37.9 Å². The van der Waals surface area contributed by atoms with Gasteiger partial charge in [-0.25, -0.2) is 4.79 Å². The number of H-pyrrole nitrogens is 1. The van der Waals surface area contributed by atoms with Gasteiger partial charge < -0.3 is 5.32 Å². The van der Waals surface area contributed by atoms with Gasteiger partial charge >= 0.3 is 5.69 Å². The van der Waals surface area contributed by atoms with E-state index < -0.39 is 23.2 Å². The van der Waals surface area contributed by atoms with Crippen LogP contribution in [0.5, 0.6) is 0 Å². The number of amides is 1. The molecule has 0 aliphatic carbocycles. The second kappa shape index (κ2) is 7.70. The van der Waals surface area contributed by atoms with Crippen LogP contribution in [0.25, 0.3) is 0 Å². The lowest BCUT2D eigenvalue weighted by Gasteiger charge is -2.20. The molecule has 1 atom stereocenters. The molecule has 0 fully saturated rings. The predicted octanol–water partition coefficient (Wildman–Crippen LogP) is 1.98. The number of aromatic nitrogens is 2. The number of rotatable bonds is 4. The molecule has 1 amide bonds. The fourth-order valence-electron chi connectivity index (χ4n) is 2.33. The summed E-state index contributed by atoms with van der Waals surface area (Å²) in [6.45, 7) is 5.95. The fraction of sp³-hybridized carbons (Fsp3) is 0.333. The van der Waals surface area contributed by atoms with E-state index in [2.05, 4.69) is 47.0 Å². The number of nitriles is 1. The number of aromatic amines is 1. The molecule has 0 radical (unpaired) electrons. The van der Waals surface area contributed by atoms with E-state index in [-0.39, 0.29) is 16.4 Å². The van der Waals surface area contributed by atoms with E-state index in [9.17, 15) is 19.6 Å². The molecule has 1 aromatic carbocycles. The van der Waals surface area contributed by atoms with Crippen molar-refractivity contribution in [1.82, 2.24) is 14.9 Å². The first-order chi connectivity index (χ1) is 12.1. The van der Waals surface area contributed by atoms with Crippen LogP contribution in [0, 0.1) is 11.3 Å². The normalized spacial score (nSPS) is 12.3. The summed E-state index contributed by atoms with van der Waals surface area (Å²) in [6, 6.07) is 8.67. The molecule has 1 unspecified atom stereocenters. The molecule has 2 N–H and O–H groups in total. The van der Waals surface area contributed by atoms with Gasteiger partial charge in [0.15, 0.2) is 0 Å². The van der Waals surface area contributed by atoms with Crippen molar-refractivity contribution in [3.8, 4) is 6.07 Å². The van der Waals surface area contributed by atoms with Gasteiger partial charge in [-0.3, -0.25) is 19.1 Å². The third-order valence-corrected chi connectivity index (χ3v) is 4.39. The van der Waals surface area contributed by atoms with Gasteiger partial charge in [-0.15, -0.1) is 0 Å². The van der Waals surface area contributed by atoms with E-state index in [0.717, 1.165) is 10.1 Å². The molecule has 26 heavy (non-hydrogen) atoms. The Hall–Kier alpha value is -2.66. The van der Waals surface area contributed by atoms with Crippen molar-refractivity contribution in [1.29, 1.82) is 5.26 Å². The van der Waals surface area contributed by atoms with Crippen molar-refractivity contribution in [2.24, 2.45) is 0 Å². The molecule has 8 heteroatoms. The van der Waals surface area contributed by atoms with E-state index in [0.29, 0.717) is 5.56 Å². The van der Waals surface area contributed by atoms with Crippen LogP contribution in [-0.4, -0.2) is 15.5 Å².